The van der Waals surface area contributed by atoms with Gasteiger partial charge >= 0.3 is 12.1 Å². The van der Waals surface area contributed by atoms with Crippen LogP contribution in [0.5, 0.6) is 0 Å². The van der Waals surface area contributed by atoms with Crippen molar-refractivity contribution in [3.8, 4) is 0 Å². The third-order valence-corrected chi connectivity index (χ3v) is 4.52. The highest BCUT2D eigenvalue weighted by Crippen LogP contribution is 2.31. The second-order valence-electron chi connectivity index (χ2n) is 6.48. The quantitative estimate of drug-likeness (QED) is 0.646. The van der Waals surface area contributed by atoms with Crippen LogP contribution in [0.4, 0.5) is 13.2 Å². The molecule has 1 amide bonds. The molecule has 150 valence electrons. The van der Waals surface area contributed by atoms with Crippen molar-refractivity contribution in [3.05, 3.63) is 83.4 Å². The molecule has 4 nitrogen and oxygen atoms in total. The summed E-state index contributed by atoms with van der Waals surface area (Å²) < 4.78 is 44.3. The molecule has 1 atom stereocenters. The Labute approximate surface area is 165 Å². The van der Waals surface area contributed by atoms with Gasteiger partial charge in [-0.15, -0.1) is 0 Å². The Morgan fingerprint density at radius 2 is 1.62 bits per heavy atom. The molecule has 3 aromatic rings. The average Bonchev–Trinajstić information content (AvgIpc) is 2.72. The zero-order chi connectivity index (χ0) is 21.0. The van der Waals surface area contributed by atoms with Crippen LogP contribution in [-0.4, -0.2) is 25.0 Å². The normalized spacial score (nSPS) is 12.4. The van der Waals surface area contributed by atoms with Gasteiger partial charge < -0.3 is 10.1 Å². The molecule has 1 N–H and O–H groups in total. The molecule has 0 spiro atoms. The van der Waals surface area contributed by atoms with E-state index in [1.54, 1.807) is 6.07 Å². The molecule has 0 aromatic heterocycles. The van der Waals surface area contributed by atoms with E-state index < -0.39 is 35.2 Å². The smallest absolute Gasteiger partial charge is 0.417 e. The maximum absolute atomic E-state index is 13.2. The number of alkyl halides is 3. The molecule has 0 aliphatic carbocycles. The summed E-state index contributed by atoms with van der Waals surface area (Å²) in [6, 6.07) is 16.5. The van der Waals surface area contributed by atoms with E-state index in [0.717, 1.165) is 35.6 Å². The maximum atomic E-state index is 13.2. The summed E-state index contributed by atoms with van der Waals surface area (Å²) in [6.45, 7) is 0. The van der Waals surface area contributed by atoms with Gasteiger partial charge in [-0.2, -0.15) is 13.2 Å². The molecule has 3 aromatic carbocycles. The Morgan fingerprint density at radius 3 is 2.31 bits per heavy atom. The number of fused-ring (bicyclic) bond motifs is 1. The Kier molecular flexibility index (Phi) is 5.87. The number of ether oxygens (including phenoxy) is 1. The standard InChI is InChI=1S/C22H18F3NO3/c1-29-21(28)19(13-14-10-11-15-6-2-3-7-16(15)12-14)26-20(27)17-8-4-5-9-18(17)22(23,24)25/h2-12,19H,13H2,1H3,(H,26,27)/t19-/m0/s1. The molecule has 0 fully saturated rings. The lowest BCUT2D eigenvalue weighted by atomic mass is 10.0. The Bertz CT molecular complexity index is 1050. The molecule has 0 aliphatic heterocycles. The van der Waals surface area contributed by atoms with E-state index in [4.69, 9.17) is 4.74 Å². The lowest BCUT2D eigenvalue weighted by Crippen LogP contribution is -2.43. The summed E-state index contributed by atoms with van der Waals surface area (Å²) in [4.78, 5) is 24.7. The zero-order valence-corrected chi connectivity index (χ0v) is 15.5. The fourth-order valence-electron chi connectivity index (χ4n) is 3.10. The SMILES string of the molecule is COC(=O)[C@H](Cc1ccc2ccccc2c1)NC(=O)c1ccccc1C(F)(F)F. The molecule has 0 unspecified atom stereocenters. The Hall–Kier alpha value is -3.35. The molecule has 0 saturated heterocycles. The average molecular weight is 401 g/mol. The molecular formula is C22H18F3NO3. The van der Waals surface area contributed by atoms with Gasteiger partial charge in [0.25, 0.3) is 5.91 Å². The van der Waals surface area contributed by atoms with Crippen LogP contribution >= 0.6 is 0 Å². The summed E-state index contributed by atoms with van der Waals surface area (Å²) >= 11 is 0. The largest absolute Gasteiger partial charge is 0.467 e. The first-order valence-electron chi connectivity index (χ1n) is 8.82. The number of carbonyl (C=O) groups excluding carboxylic acids is 2. The summed E-state index contributed by atoms with van der Waals surface area (Å²) in [5.41, 5.74) is -0.872. The summed E-state index contributed by atoms with van der Waals surface area (Å²) in [7, 11) is 1.16. The number of benzene rings is 3. The number of methoxy groups -OCH3 is 1. The van der Waals surface area contributed by atoms with Gasteiger partial charge in [0, 0.05) is 6.42 Å². The van der Waals surface area contributed by atoms with Crippen molar-refractivity contribution in [2.24, 2.45) is 0 Å². The third-order valence-electron chi connectivity index (χ3n) is 4.52. The van der Waals surface area contributed by atoms with Gasteiger partial charge in [0.05, 0.1) is 18.2 Å². The number of carbonyl (C=O) groups is 2. The van der Waals surface area contributed by atoms with Crippen LogP contribution in [0.15, 0.2) is 66.7 Å². The monoisotopic (exact) mass is 401 g/mol. The van der Waals surface area contributed by atoms with Crippen molar-refractivity contribution < 1.29 is 27.5 Å². The van der Waals surface area contributed by atoms with E-state index in [1.807, 2.05) is 36.4 Å². The minimum atomic E-state index is -4.69. The van der Waals surface area contributed by atoms with Crippen molar-refractivity contribution in [2.45, 2.75) is 18.6 Å². The fraction of sp³-hybridized carbons (Fsp3) is 0.182. The molecule has 0 radical (unpaired) electrons. The second-order valence-corrected chi connectivity index (χ2v) is 6.48. The molecule has 0 aliphatic rings. The molecular weight excluding hydrogens is 383 g/mol. The molecule has 0 saturated carbocycles. The van der Waals surface area contributed by atoms with Crippen molar-refractivity contribution >= 4 is 22.6 Å². The van der Waals surface area contributed by atoms with Crippen LogP contribution in [-0.2, 0) is 22.1 Å². The van der Waals surface area contributed by atoms with Gasteiger partial charge in [-0.1, -0.05) is 54.6 Å². The van der Waals surface area contributed by atoms with Crippen molar-refractivity contribution in [1.82, 2.24) is 5.32 Å². The van der Waals surface area contributed by atoms with Gasteiger partial charge in [0.1, 0.15) is 6.04 Å². The minimum absolute atomic E-state index is 0.0808. The first-order chi connectivity index (χ1) is 13.8. The van der Waals surface area contributed by atoms with E-state index in [9.17, 15) is 22.8 Å². The highest BCUT2D eigenvalue weighted by atomic mass is 19.4. The van der Waals surface area contributed by atoms with Gasteiger partial charge in [-0.05, 0) is 28.5 Å². The first-order valence-corrected chi connectivity index (χ1v) is 8.82. The number of rotatable bonds is 5. The topological polar surface area (TPSA) is 55.4 Å². The summed E-state index contributed by atoms with van der Waals surface area (Å²) in [5, 5.41) is 4.33. The van der Waals surface area contributed by atoms with Crippen LogP contribution in [0, 0.1) is 0 Å². The predicted octanol–water partition coefficient (Wildman–Crippen LogP) is 4.37. The van der Waals surface area contributed by atoms with E-state index in [2.05, 4.69) is 5.32 Å². The highest BCUT2D eigenvalue weighted by Gasteiger charge is 2.35. The number of hydrogen-bond donors (Lipinski definition) is 1. The zero-order valence-electron chi connectivity index (χ0n) is 15.5. The van der Waals surface area contributed by atoms with Crippen molar-refractivity contribution in [3.63, 3.8) is 0 Å². The van der Waals surface area contributed by atoms with Crippen LogP contribution in [0.3, 0.4) is 0 Å². The number of hydrogen-bond acceptors (Lipinski definition) is 3. The molecule has 29 heavy (non-hydrogen) atoms. The molecule has 3 rings (SSSR count). The van der Waals surface area contributed by atoms with E-state index in [1.165, 1.54) is 12.1 Å². The fourth-order valence-corrected chi connectivity index (χ4v) is 3.10. The van der Waals surface area contributed by atoms with Crippen LogP contribution in [0.2, 0.25) is 0 Å². The maximum Gasteiger partial charge on any atom is 0.417 e. The number of nitrogens with one attached hydrogen (secondary N) is 1. The van der Waals surface area contributed by atoms with Crippen molar-refractivity contribution in [2.75, 3.05) is 7.11 Å². The first kappa shape index (κ1) is 20.4. The van der Waals surface area contributed by atoms with E-state index >= 15 is 0 Å². The predicted molar refractivity (Wildman–Crippen MR) is 102 cm³/mol. The Morgan fingerprint density at radius 1 is 0.966 bits per heavy atom. The van der Waals surface area contributed by atoms with Crippen LogP contribution in [0.25, 0.3) is 10.8 Å². The van der Waals surface area contributed by atoms with E-state index in [0.29, 0.717) is 0 Å². The molecule has 7 heteroatoms. The van der Waals surface area contributed by atoms with E-state index in [-0.39, 0.29) is 6.42 Å². The number of halogens is 3. The second kappa shape index (κ2) is 8.34. The summed E-state index contributed by atoms with van der Waals surface area (Å²) in [6.07, 6.45) is -4.61. The number of amides is 1. The molecule has 0 bridgehead atoms. The third kappa shape index (κ3) is 4.74. The van der Waals surface area contributed by atoms with Crippen LogP contribution in [0.1, 0.15) is 21.5 Å². The lowest BCUT2D eigenvalue weighted by molar-refractivity contribution is -0.142. The highest BCUT2D eigenvalue weighted by molar-refractivity contribution is 5.98. The number of esters is 1. The molecule has 0 heterocycles. The van der Waals surface area contributed by atoms with Gasteiger partial charge in [-0.25, -0.2) is 4.79 Å². The lowest BCUT2D eigenvalue weighted by Gasteiger charge is -2.19. The van der Waals surface area contributed by atoms with Gasteiger partial charge in [0.15, 0.2) is 0 Å². The Balaban J connectivity index is 1.86. The van der Waals surface area contributed by atoms with Gasteiger partial charge in [0.2, 0.25) is 0 Å². The van der Waals surface area contributed by atoms with Gasteiger partial charge in [-0.3, -0.25) is 4.79 Å². The van der Waals surface area contributed by atoms with Crippen LogP contribution < -0.4 is 5.32 Å². The minimum Gasteiger partial charge on any atom is -0.467 e. The van der Waals surface area contributed by atoms with Crippen molar-refractivity contribution in [1.29, 1.82) is 0 Å². The summed E-state index contributed by atoms with van der Waals surface area (Å²) in [5.74, 6) is -1.73.